The van der Waals surface area contributed by atoms with Crippen molar-refractivity contribution < 1.29 is 14.3 Å². The highest BCUT2D eigenvalue weighted by Gasteiger charge is 2.64. The van der Waals surface area contributed by atoms with E-state index in [0.717, 1.165) is 25.9 Å². The van der Waals surface area contributed by atoms with Crippen molar-refractivity contribution in [2.24, 2.45) is 5.41 Å². The molecule has 0 bridgehead atoms. The summed E-state index contributed by atoms with van der Waals surface area (Å²) in [5, 5.41) is 3.33. The summed E-state index contributed by atoms with van der Waals surface area (Å²) in [7, 11) is 0. The molecule has 0 saturated carbocycles. The zero-order valence-electron chi connectivity index (χ0n) is 12.7. The Morgan fingerprint density at radius 1 is 1.14 bits per heavy atom. The first kappa shape index (κ1) is 14.2. The molecule has 0 aromatic heterocycles. The monoisotopic (exact) mass is 302 g/mol. The number of rotatable bonds is 2. The van der Waals surface area contributed by atoms with E-state index >= 15 is 0 Å². The lowest BCUT2D eigenvalue weighted by molar-refractivity contribution is -0.239. The molecule has 1 unspecified atom stereocenters. The Hall–Kier alpha value is -1.43. The smallest absolute Gasteiger partial charge is 0.234 e. The minimum absolute atomic E-state index is 0.194. The highest BCUT2D eigenvalue weighted by Crippen LogP contribution is 2.50. The molecule has 0 aliphatic carbocycles. The highest BCUT2D eigenvalue weighted by molar-refractivity contribution is 5.86. The fraction of sp³-hybridized carbons (Fsp3) is 0.588. The van der Waals surface area contributed by atoms with Gasteiger partial charge in [0.25, 0.3) is 0 Å². The number of hydrogen-bond donors (Lipinski definition) is 1. The van der Waals surface area contributed by atoms with Gasteiger partial charge in [0.1, 0.15) is 5.41 Å². The third-order valence-electron chi connectivity index (χ3n) is 5.29. The molecule has 1 amide bonds. The maximum atomic E-state index is 13.2. The third-order valence-corrected chi connectivity index (χ3v) is 5.29. The van der Waals surface area contributed by atoms with Crippen molar-refractivity contribution in [1.29, 1.82) is 0 Å². The lowest BCUT2D eigenvalue weighted by Gasteiger charge is -2.46. The number of nitrogens with one attached hydrogen (secondary N) is 1. The molecule has 1 aromatic carbocycles. The number of nitrogens with zero attached hydrogens (tertiary/aromatic N) is 1. The molecule has 3 aliphatic rings. The largest absolute Gasteiger partial charge is 0.345 e. The van der Waals surface area contributed by atoms with Crippen LogP contribution in [-0.4, -0.2) is 49.4 Å². The van der Waals surface area contributed by atoms with Gasteiger partial charge in [0.2, 0.25) is 5.91 Å². The second-order valence-corrected chi connectivity index (χ2v) is 6.42. The molecule has 1 N–H and O–H groups in total. The Kier molecular flexibility index (Phi) is 3.44. The van der Waals surface area contributed by atoms with Crippen LogP contribution in [0.15, 0.2) is 30.3 Å². The van der Waals surface area contributed by atoms with Crippen LogP contribution in [0.2, 0.25) is 0 Å². The van der Waals surface area contributed by atoms with Crippen LogP contribution < -0.4 is 5.32 Å². The number of carbonyl (C=O) groups excluding carboxylic acids is 1. The number of benzene rings is 1. The second kappa shape index (κ2) is 5.33. The summed E-state index contributed by atoms with van der Waals surface area (Å²) in [6.07, 6.45) is 1.61. The van der Waals surface area contributed by atoms with Gasteiger partial charge in [-0.3, -0.25) is 4.79 Å². The molecule has 5 heteroatoms. The standard InChI is InChI=1S/C17H22N2O3/c20-15-16(6-8-18-13-17(16)21-10-11-22-17)7-9-19(15)12-14-4-2-1-3-5-14/h1-5,18H,6-13H2. The summed E-state index contributed by atoms with van der Waals surface area (Å²) >= 11 is 0. The lowest BCUT2D eigenvalue weighted by atomic mass is 9.72. The summed E-state index contributed by atoms with van der Waals surface area (Å²) in [4.78, 5) is 15.2. The Morgan fingerprint density at radius 2 is 1.91 bits per heavy atom. The van der Waals surface area contributed by atoms with Gasteiger partial charge in [-0.25, -0.2) is 0 Å². The quantitative estimate of drug-likeness (QED) is 0.890. The van der Waals surface area contributed by atoms with Crippen LogP contribution in [0.4, 0.5) is 0 Å². The summed E-state index contributed by atoms with van der Waals surface area (Å²) < 4.78 is 11.9. The van der Waals surface area contributed by atoms with E-state index in [1.165, 1.54) is 5.56 Å². The van der Waals surface area contributed by atoms with Gasteiger partial charge in [0.05, 0.1) is 19.8 Å². The van der Waals surface area contributed by atoms with E-state index in [1.54, 1.807) is 0 Å². The number of ether oxygens (including phenoxy) is 2. The third kappa shape index (κ3) is 2.00. The normalized spacial score (nSPS) is 30.5. The Labute approximate surface area is 130 Å². The molecule has 1 aromatic rings. The number of fused-ring (bicyclic) bond motifs is 1. The average molecular weight is 302 g/mol. The zero-order chi connectivity index (χ0) is 15.0. The van der Waals surface area contributed by atoms with Crippen LogP contribution >= 0.6 is 0 Å². The first-order chi connectivity index (χ1) is 10.8. The van der Waals surface area contributed by atoms with E-state index < -0.39 is 11.2 Å². The van der Waals surface area contributed by atoms with Crippen LogP contribution in [0, 0.1) is 5.41 Å². The van der Waals surface area contributed by atoms with Crippen molar-refractivity contribution in [2.45, 2.75) is 25.2 Å². The van der Waals surface area contributed by atoms with Crippen molar-refractivity contribution in [3.63, 3.8) is 0 Å². The maximum absolute atomic E-state index is 13.2. The van der Waals surface area contributed by atoms with E-state index in [-0.39, 0.29) is 5.91 Å². The summed E-state index contributed by atoms with van der Waals surface area (Å²) in [5.74, 6) is -0.562. The molecule has 3 saturated heterocycles. The molecule has 2 spiro atoms. The first-order valence-electron chi connectivity index (χ1n) is 8.08. The number of likely N-dealkylation sites (tertiary alicyclic amines) is 1. The Balaban J connectivity index is 1.59. The Bertz CT molecular complexity index is 556. The fourth-order valence-corrected chi connectivity index (χ4v) is 4.12. The van der Waals surface area contributed by atoms with Crippen molar-refractivity contribution in [3.8, 4) is 0 Å². The van der Waals surface area contributed by atoms with Crippen molar-refractivity contribution in [2.75, 3.05) is 32.8 Å². The summed E-state index contributed by atoms with van der Waals surface area (Å²) in [5.41, 5.74) is 0.660. The molecular formula is C17H22N2O3. The summed E-state index contributed by atoms with van der Waals surface area (Å²) in [6, 6.07) is 10.2. The molecule has 118 valence electrons. The molecule has 0 radical (unpaired) electrons. The van der Waals surface area contributed by atoms with Gasteiger partial charge >= 0.3 is 0 Å². The van der Waals surface area contributed by atoms with Gasteiger partial charge in [0.15, 0.2) is 5.79 Å². The van der Waals surface area contributed by atoms with Crippen LogP contribution in [-0.2, 0) is 20.8 Å². The molecule has 3 heterocycles. The second-order valence-electron chi connectivity index (χ2n) is 6.42. The predicted molar refractivity (Wildman–Crippen MR) is 81.0 cm³/mol. The van der Waals surface area contributed by atoms with Crippen LogP contribution in [0.1, 0.15) is 18.4 Å². The maximum Gasteiger partial charge on any atom is 0.234 e. The van der Waals surface area contributed by atoms with Crippen LogP contribution in [0.25, 0.3) is 0 Å². The van der Waals surface area contributed by atoms with Gasteiger partial charge in [0, 0.05) is 13.1 Å². The average Bonchev–Trinajstić information content (AvgIpc) is 3.13. The van der Waals surface area contributed by atoms with Crippen molar-refractivity contribution in [1.82, 2.24) is 10.2 Å². The van der Waals surface area contributed by atoms with Gasteiger partial charge in [-0.1, -0.05) is 30.3 Å². The van der Waals surface area contributed by atoms with Crippen LogP contribution in [0.5, 0.6) is 0 Å². The summed E-state index contributed by atoms with van der Waals surface area (Å²) in [6.45, 7) is 4.06. The predicted octanol–water partition coefficient (Wildman–Crippen LogP) is 1.14. The number of piperidine rings is 1. The molecule has 1 atom stereocenters. The van der Waals surface area contributed by atoms with E-state index in [1.807, 2.05) is 23.1 Å². The Morgan fingerprint density at radius 3 is 2.68 bits per heavy atom. The van der Waals surface area contributed by atoms with Gasteiger partial charge in [-0.15, -0.1) is 0 Å². The molecule has 22 heavy (non-hydrogen) atoms. The van der Waals surface area contributed by atoms with Crippen LogP contribution in [0.3, 0.4) is 0 Å². The minimum Gasteiger partial charge on any atom is -0.345 e. The highest BCUT2D eigenvalue weighted by atomic mass is 16.7. The van der Waals surface area contributed by atoms with Gasteiger partial charge in [-0.05, 0) is 24.9 Å². The zero-order valence-corrected chi connectivity index (χ0v) is 12.7. The topological polar surface area (TPSA) is 50.8 Å². The number of carbonyl (C=O) groups is 1. The van der Waals surface area contributed by atoms with Crippen molar-refractivity contribution in [3.05, 3.63) is 35.9 Å². The van der Waals surface area contributed by atoms with Gasteiger partial charge in [-0.2, -0.15) is 0 Å². The first-order valence-corrected chi connectivity index (χ1v) is 8.08. The van der Waals surface area contributed by atoms with E-state index in [4.69, 9.17) is 9.47 Å². The van der Waals surface area contributed by atoms with E-state index in [2.05, 4.69) is 17.4 Å². The molecule has 5 nitrogen and oxygen atoms in total. The van der Waals surface area contributed by atoms with E-state index in [9.17, 15) is 4.79 Å². The molecule has 3 aliphatic heterocycles. The van der Waals surface area contributed by atoms with Crippen molar-refractivity contribution >= 4 is 5.91 Å². The number of hydrogen-bond acceptors (Lipinski definition) is 4. The minimum atomic E-state index is -0.756. The molecular weight excluding hydrogens is 280 g/mol. The lowest BCUT2D eigenvalue weighted by Crippen LogP contribution is -2.63. The SMILES string of the molecule is O=C1N(Cc2ccccc2)CCC12CCNCC21OCCO1. The number of amides is 1. The molecule has 4 rings (SSSR count). The van der Waals surface area contributed by atoms with Gasteiger partial charge < -0.3 is 19.7 Å². The fourth-order valence-electron chi connectivity index (χ4n) is 4.12. The molecule has 3 fully saturated rings. The van der Waals surface area contributed by atoms with E-state index in [0.29, 0.717) is 26.3 Å².